The van der Waals surface area contributed by atoms with Crippen molar-refractivity contribution in [3.05, 3.63) is 0 Å². The van der Waals surface area contributed by atoms with Crippen molar-refractivity contribution in [3.8, 4) is 0 Å². The van der Waals surface area contributed by atoms with Crippen molar-refractivity contribution in [1.29, 1.82) is 0 Å². The van der Waals surface area contributed by atoms with E-state index in [2.05, 4.69) is 5.32 Å². The van der Waals surface area contributed by atoms with Gasteiger partial charge in [0.1, 0.15) is 0 Å². The summed E-state index contributed by atoms with van der Waals surface area (Å²) in [5, 5.41) is 3.01. The van der Waals surface area contributed by atoms with Gasteiger partial charge in [-0.2, -0.15) is 0 Å². The maximum absolute atomic E-state index is 11.7. The Balaban J connectivity index is 0.00000128. The predicted octanol–water partition coefficient (Wildman–Crippen LogP) is 0.831. The summed E-state index contributed by atoms with van der Waals surface area (Å²) >= 11 is 0. The first-order valence-corrected chi connectivity index (χ1v) is 5.90. The fraction of sp³-hybridized carbons (Fsp3) is 0.909. The van der Waals surface area contributed by atoms with E-state index in [0.717, 1.165) is 19.4 Å². The van der Waals surface area contributed by atoms with Gasteiger partial charge in [0.25, 0.3) is 0 Å². The number of hydrogen-bond donors (Lipinski definition) is 2. The van der Waals surface area contributed by atoms with Crippen molar-refractivity contribution in [2.45, 2.75) is 44.2 Å². The summed E-state index contributed by atoms with van der Waals surface area (Å²) in [5.74, 6) is 0.729. The summed E-state index contributed by atoms with van der Waals surface area (Å²) in [4.78, 5) is 11.7. The van der Waals surface area contributed by atoms with E-state index in [4.69, 9.17) is 10.5 Å². The molecule has 0 radical (unpaired) electrons. The number of nitrogens with two attached hydrogens (primary N) is 1. The zero-order valence-corrected chi connectivity index (χ0v) is 10.3. The number of carbonyl (C=O) groups is 1. The molecule has 2 aliphatic rings. The average molecular weight is 249 g/mol. The Bertz CT molecular complexity index is 228. The van der Waals surface area contributed by atoms with E-state index in [9.17, 15) is 4.79 Å². The standard InChI is InChI=1S/C11H20N2O2.ClH/c12-7-10(8-3-4-8)13-11(14)6-9-2-1-5-15-9;/h8-10H,1-7,12H2,(H,13,14);1H. The van der Waals surface area contributed by atoms with Crippen molar-refractivity contribution in [3.63, 3.8) is 0 Å². The van der Waals surface area contributed by atoms with Crippen LogP contribution < -0.4 is 11.1 Å². The molecule has 1 aliphatic carbocycles. The summed E-state index contributed by atoms with van der Waals surface area (Å²) in [7, 11) is 0. The van der Waals surface area contributed by atoms with Crippen molar-refractivity contribution in [2.75, 3.05) is 13.2 Å². The summed E-state index contributed by atoms with van der Waals surface area (Å²) < 4.78 is 5.42. The third kappa shape index (κ3) is 3.92. The molecule has 1 saturated heterocycles. The van der Waals surface area contributed by atoms with Crippen LogP contribution in [0.2, 0.25) is 0 Å². The smallest absolute Gasteiger partial charge is 0.222 e. The van der Waals surface area contributed by atoms with Gasteiger partial charge in [-0.3, -0.25) is 4.79 Å². The van der Waals surface area contributed by atoms with Gasteiger partial charge in [-0.25, -0.2) is 0 Å². The quantitative estimate of drug-likeness (QED) is 0.758. The van der Waals surface area contributed by atoms with Crippen LogP contribution in [0.5, 0.6) is 0 Å². The molecule has 1 heterocycles. The highest BCUT2D eigenvalue weighted by Gasteiger charge is 2.31. The van der Waals surface area contributed by atoms with Crippen molar-refractivity contribution < 1.29 is 9.53 Å². The molecule has 94 valence electrons. The molecule has 0 bridgehead atoms. The minimum atomic E-state index is 0. The molecule has 0 aromatic heterocycles. The predicted molar refractivity (Wildman–Crippen MR) is 64.5 cm³/mol. The highest BCUT2D eigenvalue weighted by molar-refractivity contribution is 5.85. The molecule has 0 aromatic rings. The van der Waals surface area contributed by atoms with Crippen LogP contribution in [0.1, 0.15) is 32.1 Å². The molecule has 3 N–H and O–H groups in total. The Hall–Kier alpha value is -0.320. The van der Waals surface area contributed by atoms with Gasteiger partial charge in [0.15, 0.2) is 0 Å². The minimum absolute atomic E-state index is 0. The molecule has 0 spiro atoms. The molecular formula is C11H21ClN2O2. The van der Waals surface area contributed by atoms with Gasteiger partial charge in [-0.15, -0.1) is 12.4 Å². The first-order valence-electron chi connectivity index (χ1n) is 5.90. The van der Waals surface area contributed by atoms with Crippen LogP contribution in [-0.2, 0) is 9.53 Å². The van der Waals surface area contributed by atoms with E-state index in [1.54, 1.807) is 0 Å². The Labute approximate surface area is 103 Å². The number of hydrogen-bond acceptors (Lipinski definition) is 3. The van der Waals surface area contributed by atoms with E-state index in [0.29, 0.717) is 18.9 Å². The zero-order chi connectivity index (χ0) is 10.7. The molecule has 0 aromatic carbocycles. The van der Waals surface area contributed by atoms with Gasteiger partial charge in [-0.1, -0.05) is 0 Å². The number of ether oxygens (including phenoxy) is 1. The highest BCUT2D eigenvalue weighted by Crippen LogP contribution is 2.32. The maximum atomic E-state index is 11.7. The maximum Gasteiger partial charge on any atom is 0.222 e. The number of carbonyl (C=O) groups excluding carboxylic acids is 1. The van der Waals surface area contributed by atoms with Crippen molar-refractivity contribution in [2.24, 2.45) is 11.7 Å². The van der Waals surface area contributed by atoms with Gasteiger partial charge < -0.3 is 15.8 Å². The van der Waals surface area contributed by atoms with Crippen LogP contribution in [0.15, 0.2) is 0 Å². The molecule has 2 fully saturated rings. The number of nitrogens with one attached hydrogen (secondary N) is 1. The SMILES string of the molecule is Cl.NCC(NC(=O)CC1CCCO1)C1CC1. The number of halogens is 1. The van der Waals surface area contributed by atoms with Gasteiger partial charge in [0.2, 0.25) is 5.91 Å². The van der Waals surface area contributed by atoms with Crippen molar-refractivity contribution >= 4 is 18.3 Å². The van der Waals surface area contributed by atoms with Crippen molar-refractivity contribution in [1.82, 2.24) is 5.32 Å². The third-order valence-corrected chi connectivity index (χ3v) is 3.23. The number of rotatable bonds is 5. The molecule has 1 amide bonds. The molecule has 2 rings (SSSR count). The monoisotopic (exact) mass is 248 g/mol. The Morgan fingerprint density at radius 1 is 1.44 bits per heavy atom. The lowest BCUT2D eigenvalue weighted by atomic mass is 10.1. The summed E-state index contributed by atoms with van der Waals surface area (Å²) in [6.07, 6.45) is 5.17. The lowest BCUT2D eigenvalue weighted by Gasteiger charge is -2.17. The summed E-state index contributed by atoms with van der Waals surface area (Å²) in [6.45, 7) is 1.36. The van der Waals surface area contributed by atoms with Gasteiger partial charge in [0.05, 0.1) is 12.5 Å². The average Bonchev–Trinajstić information content (AvgIpc) is 2.95. The van der Waals surface area contributed by atoms with E-state index >= 15 is 0 Å². The van der Waals surface area contributed by atoms with Crippen LogP contribution in [0.3, 0.4) is 0 Å². The van der Waals surface area contributed by atoms with Crippen LogP contribution in [0, 0.1) is 5.92 Å². The minimum Gasteiger partial charge on any atom is -0.378 e. The Morgan fingerprint density at radius 2 is 2.19 bits per heavy atom. The zero-order valence-electron chi connectivity index (χ0n) is 9.48. The van der Waals surface area contributed by atoms with E-state index in [1.807, 2.05) is 0 Å². The summed E-state index contributed by atoms with van der Waals surface area (Å²) in [6, 6.07) is 0.193. The largest absolute Gasteiger partial charge is 0.378 e. The van der Waals surface area contributed by atoms with Gasteiger partial charge in [0, 0.05) is 19.2 Å². The van der Waals surface area contributed by atoms with Crippen LogP contribution >= 0.6 is 12.4 Å². The first kappa shape index (κ1) is 13.7. The molecule has 2 atom stereocenters. The fourth-order valence-electron chi connectivity index (χ4n) is 2.15. The second kappa shape index (κ2) is 6.42. The van der Waals surface area contributed by atoms with Gasteiger partial charge in [-0.05, 0) is 31.6 Å². The van der Waals surface area contributed by atoms with Crippen LogP contribution in [-0.4, -0.2) is 31.2 Å². The highest BCUT2D eigenvalue weighted by atomic mass is 35.5. The Morgan fingerprint density at radius 3 is 2.69 bits per heavy atom. The molecule has 5 heteroatoms. The molecule has 16 heavy (non-hydrogen) atoms. The van der Waals surface area contributed by atoms with E-state index in [-0.39, 0.29) is 30.5 Å². The second-order valence-electron chi connectivity index (χ2n) is 4.59. The first-order chi connectivity index (χ1) is 7.29. The van der Waals surface area contributed by atoms with Gasteiger partial charge >= 0.3 is 0 Å². The second-order valence-corrected chi connectivity index (χ2v) is 4.59. The van der Waals surface area contributed by atoms with Crippen LogP contribution in [0.4, 0.5) is 0 Å². The van der Waals surface area contributed by atoms with E-state index < -0.39 is 0 Å². The fourth-order valence-corrected chi connectivity index (χ4v) is 2.15. The topological polar surface area (TPSA) is 64.3 Å². The molecule has 1 saturated carbocycles. The normalized spacial score (nSPS) is 25.9. The Kier molecular flexibility index (Phi) is 5.52. The molecule has 1 aliphatic heterocycles. The lowest BCUT2D eigenvalue weighted by molar-refractivity contribution is -0.124. The van der Waals surface area contributed by atoms with Crippen LogP contribution in [0.25, 0.3) is 0 Å². The lowest BCUT2D eigenvalue weighted by Crippen LogP contribution is -2.42. The molecule has 4 nitrogen and oxygen atoms in total. The number of amides is 1. The molecule has 2 unspecified atom stereocenters. The molecular weight excluding hydrogens is 228 g/mol. The third-order valence-electron chi connectivity index (χ3n) is 3.23. The summed E-state index contributed by atoms with van der Waals surface area (Å²) in [5.41, 5.74) is 5.62. The van der Waals surface area contributed by atoms with E-state index in [1.165, 1.54) is 12.8 Å².